The van der Waals surface area contributed by atoms with Gasteiger partial charge >= 0.3 is 0 Å². The summed E-state index contributed by atoms with van der Waals surface area (Å²) in [5.41, 5.74) is 3.41. The monoisotopic (exact) mass is 329 g/mol. The molecule has 2 aromatic rings. The lowest BCUT2D eigenvalue weighted by atomic mass is 10.0. The largest absolute Gasteiger partial charge is 0.243 e. The van der Waals surface area contributed by atoms with Crippen LogP contribution in [0.2, 0.25) is 0 Å². The Balaban J connectivity index is 1.94. The average Bonchev–Trinajstić information content (AvgIpc) is 3.05. The lowest BCUT2D eigenvalue weighted by Crippen LogP contribution is -2.30. The standard InChI is InChI=1S/C19H23NO2S/c1-3-16-9-11-18(12-10-16)23(21,22)20-13-5-8-19(20)17-7-4-6-15(2)14-17/h4,6-7,9-12,14,19H,3,5,8,13H2,1-2H3. The van der Waals surface area contributed by atoms with Gasteiger partial charge in [0, 0.05) is 6.54 Å². The van der Waals surface area contributed by atoms with E-state index in [4.69, 9.17) is 0 Å². The predicted molar refractivity (Wildman–Crippen MR) is 92.9 cm³/mol. The fraction of sp³-hybridized carbons (Fsp3) is 0.368. The molecule has 0 N–H and O–H groups in total. The number of rotatable bonds is 4. The molecule has 3 nitrogen and oxygen atoms in total. The van der Waals surface area contributed by atoms with Gasteiger partial charge in [-0.1, -0.05) is 48.9 Å². The van der Waals surface area contributed by atoms with Gasteiger partial charge < -0.3 is 0 Å². The Bertz CT molecular complexity index is 781. The number of aryl methyl sites for hydroxylation is 2. The summed E-state index contributed by atoms with van der Waals surface area (Å²) in [7, 11) is -3.44. The molecule has 122 valence electrons. The summed E-state index contributed by atoms with van der Waals surface area (Å²) in [6.45, 7) is 4.70. The van der Waals surface area contributed by atoms with Crippen LogP contribution in [0, 0.1) is 6.92 Å². The van der Waals surface area contributed by atoms with Crippen LogP contribution in [-0.4, -0.2) is 19.3 Å². The van der Waals surface area contributed by atoms with Crippen LogP contribution in [0.25, 0.3) is 0 Å². The minimum Gasteiger partial charge on any atom is -0.207 e. The first-order chi connectivity index (χ1) is 11.0. The van der Waals surface area contributed by atoms with E-state index in [0.29, 0.717) is 11.4 Å². The van der Waals surface area contributed by atoms with E-state index in [2.05, 4.69) is 13.0 Å². The summed E-state index contributed by atoms with van der Waals surface area (Å²) < 4.78 is 27.7. The van der Waals surface area contributed by atoms with Crippen LogP contribution >= 0.6 is 0 Å². The third-order valence-electron chi connectivity index (χ3n) is 4.57. The molecule has 0 bridgehead atoms. The van der Waals surface area contributed by atoms with Crippen LogP contribution in [0.3, 0.4) is 0 Å². The second kappa shape index (κ2) is 6.46. The SMILES string of the molecule is CCc1ccc(S(=O)(=O)N2CCCC2c2cccc(C)c2)cc1. The normalized spacial score (nSPS) is 19.1. The summed E-state index contributed by atoms with van der Waals surface area (Å²) in [4.78, 5) is 0.397. The zero-order valence-electron chi connectivity index (χ0n) is 13.7. The molecule has 1 unspecified atom stereocenters. The van der Waals surface area contributed by atoms with Gasteiger partial charge in [0.05, 0.1) is 10.9 Å². The van der Waals surface area contributed by atoms with Crippen LogP contribution in [0.5, 0.6) is 0 Å². The van der Waals surface area contributed by atoms with Crippen molar-refractivity contribution in [3.63, 3.8) is 0 Å². The van der Waals surface area contributed by atoms with Crippen molar-refractivity contribution in [1.82, 2.24) is 4.31 Å². The van der Waals surface area contributed by atoms with Gasteiger partial charge in [0.15, 0.2) is 0 Å². The molecule has 4 heteroatoms. The molecule has 0 saturated carbocycles. The fourth-order valence-electron chi connectivity index (χ4n) is 3.27. The smallest absolute Gasteiger partial charge is 0.207 e. The zero-order valence-corrected chi connectivity index (χ0v) is 14.5. The Morgan fingerprint density at radius 3 is 2.52 bits per heavy atom. The average molecular weight is 329 g/mol. The molecule has 1 atom stereocenters. The second-order valence-electron chi connectivity index (χ2n) is 6.19. The Morgan fingerprint density at radius 1 is 1.13 bits per heavy atom. The fourth-order valence-corrected chi connectivity index (χ4v) is 4.95. The van der Waals surface area contributed by atoms with E-state index in [1.165, 1.54) is 5.56 Å². The summed E-state index contributed by atoms with van der Waals surface area (Å²) >= 11 is 0. The molecule has 3 rings (SSSR count). The van der Waals surface area contributed by atoms with Gasteiger partial charge in [0.1, 0.15) is 0 Å². The highest BCUT2D eigenvalue weighted by atomic mass is 32.2. The van der Waals surface area contributed by atoms with Crippen LogP contribution in [0.1, 0.15) is 42.5 Å². The van der Waals surface area contributed by atoms with Crippen molar-refractivity contribution in [2.45, 2.75) is 44.0 Å². The third-order valence-corrected chi connectivity index (χ3v) is 6.49. The first kappa shape index (κ1) is 16.2. The van der Waals surface area contributed by atoms with Gasteiger partial charge in [-0.25, -0.2) is 8.42 Å². The second-order valence-corrected chi connectivity index (χ2v) is 8.08. The van der Waals surface area contributed by atoms with E-state index in [1.54, 1.807) is 16.4 Å². The minimum atomic E-state index is -3.44. The van der Waals surface area contributed by atoms with Gasteiger partial charge in [-0.15, -0.1) is 0 Å². The summed E-state index contributed by atoms with van der Waals surface area (Å²) in [5, 5.41) is 0. The highest BCUT2D eigenvalue weighted by Gasteiger charge is 2.36. The van der Waals surface area contributed by atoms with Crippen LogP contribution in [0.15, 0.2) is 53.4 Å². The Kier molecular flexibility index (Phi) is 4.55. The molecule has 1 aliphatic rings. The lowest BCUT2D eigenvalue weighted by molar-refractivity contribution is 0.396. The van der Waals surface area contributed by atoms with Crippen molar-refractivity contribution >= 4 is 10.0 Å². The van der Waals surface area contributed by atoms with Crippen LogP contribution in [-0.2, 0) is 16.4 Å². The van der Waals surface area contributed by atoms with Gasteiger partial charge in [-0.3, -0.25) is 0 Å². The van der Waals surface area contributed by atoms with E-state index < -0.39 is 10.0 Å². The molecule has 1 fully saturated rings. The maximum Gasteiger partial charge on any atom is 0.243 e. The molecule has 2 aromatic carbocycles. The molecule has 1 aliphatic heterocycles. The Hall–Kier alpha value is -1.65. The molecule has 0 spiro atoms. The number of hydrogen-bond donors (Lipinski definition) is 0. The number of benzene rings is 2. The quantitative estimate of drug-likeness (QED) is 0.847. The van der Waals surface area contributed by atoms with Gasteiger partial charge in [-0.05, 0) is 49.4 Å². The molecule has 0 aromatic heterocycles. The molecule has 23 heavy (non-hydrogen) atoms. The first-order valence-electron chi connectivity index (χ1n) is 8.19. The van der Waals surface area contributed by atoms with Gasteiger partial charge in [0.2, 0.25) is 10.0 Å². The number of sulfonamides is 1. The van der Waals surface area contributed by atoms with Crippen molar-refractivity contribution in [3.8, 4) is 0 Å². The highest BCUT2D eigenvalue weighted by molar-refractivity contribution is 7.89. The third kappa shape index (κ3) is 3.19. The lowest BCUT2D eigenvalue weighted by Gasteiger charge is -2.25. The molecule has 1 saturated heterocycles. The van der Waals surface area contributed by atoms with E-state index in [-0.39, 0.29) is 6.04 Å². The topological polar surface area (TPSA) is 37.4 Å². The predicted octanol–water partition coefficient (Wildman–Crippen LogP) is 4.08. The van der Waals surface area contributed by atoms with Crippen molar-refractivity contribution < 1.29 is 8.42 Å². The van der Waals surface area contributed by atoms with E-state index in [0.717, 1.165) is 30.4 Å². The Labute approximate surface area is 139 Å². The van der Waals surface area contributed by atoms with E-state index in [1.807, 2.05) is 37.3 Å². The Morgan fingerprint density at radius 2 is 1.87 bits per heavy atom. The molecular formula is C19H23NO2S. The summed E-state index contributed by atoms with van der Waals surface area (Å²) in [6, 6.07) is 15.4. The van der Waals surface area contributed by atoms with Crippen LogP contribution < -0.4 is 0 Å². The summed E-state index contributed by atoms with van der Waals surface area (Å²) in [5.74, 6) is 0. The van der Waals surface area contributed by atoms with Gasteiger partial charge in [0.25, 0.3) is 0 Å². The van der Waals surface area contributed by atoms with Crippen molar-refractivity contribution in [1.29, 1.82) is 0 Å². The zero-order chi connectivity index (χ0) is 16.4. The number of nitrogens with zero attached hydrogens (tertiary/aromatic N) is 1. The molecule has 0 aliphatic carbocycles. The van der Waals surface area contributed by atoms with Crippen molar-refractivity contribution in [2.24, 2.45) is 0 Å². The highest BCUT2D eigenvalue weighted by Crippen LogP contribution is 2.36. The molecule has 1 heterocycles. The minimum absolute atomic E-state index is 0.0502. The molecular weight excluding hydrogens is 306 g/mol. The van der Waals surface area contributed by atoms with Gasteiger partial charge in [-0.2, -0.15) is 4.31 Å². The maximum atomic E-state index is 13.0. The van der Waals surface area contributed by atoms with Crippen LogP contribution in [0.4, 0.5) is 0 Å². The van der Waals surface area contributed by atoms with E-state index in [9.17, 15) is 8.42 Å². The van der Waals surface area contributed by atoms with Crippen molar-refractivity contribution in [3.05, 3.63) is 65.2 Å². The molecule has 0 amide bonds. The summed E-state index contributed by atoms with van der Waals surface area (Å²) in [6.07, 6.45) is 2.70. The maximum absolute atomic E-state index is 13.0. The first-order valence-corrected chi connectivity index (χ1v) is 9.63. The number of hydrogen-bond acceptors (Lipinski definition) is 2. The molecule has 0 radical (unpaired) electrons. The van der Waals surface area contributed by atoms with Crippen molar-refractivity contribution in [2.75, 3.05) is 6.54 Å². The van der Waals surface area contributed by atoms with E-state index >= 15 is 0 Å².